The molecule has 3 heteroatoms. The fraction of sp³-hybridized carbons (Fsp3) is 0.786. The standard InChI is InChI=1S/C14H25NO2/c1-11(2)6-5-7-12(3)10-14-15(13(4)16)8-9-17-14/h6,12,14H,5,7-10H2,1-4H3/t12-,14+/m0/s1. The van der Waals surface area contributed by atoms with Gasteiger partial charge in [0.1, 0.15) is 6.23 Å². The van der Waals surface area contributed by atoms with Crippen molar-refractivity contribution in [3.63, 3.8) is 0 Å². The average molecular weight is 239 g/mol. The van der Waals surface area contributed by atoms with Crippen LogP contribution in [0.15, 0.2) is 11.6 Å². The smallest absolute Gasteiger partial charge is 0.221 e. The molecule has 1 fully saturated rings. The summed E-state index contributed by atoms with van der Waals surface area (Å²) in [6, 6.07) is 0. The number of hydrogen-bond acceptors (Lipinski definition) is 2. The molecule has 0 aromatic carbocycles. The van der Waals surface area contributed by atoms with Gasteiger partial charge in [0.05, 0.1) is 6.61 Å². The molecular formula is C14H25NO2. The molecule has 1 amide bonds. The average Bonchev–Trinajstić information content (AvgIpc) is 2.65. The molecule has 1 aliphatic heterocycles. The highest BCUT2D eigenvalue weighted by Crippen LogP contribution is 2.21. The second-order valence-electron chi connectivity index (χ2n) is 5.24. The highest BCUT2D eigenvalue weighted by molar-refractivity contribution is 5.73. The highest BCUT2D eigenvalue weighted by atomic mass is 16.5. The minimum atomic E-state index is 0.00852. The van der Waals surface area contributed by atoms with Gasteiger partial charge in [0.2, 0.25) is 5.91 Å². The summed E-state index contributed by atoms with van der Waals surface area (Å²) in [4.78, 5) is 13.2. The second kappa shape index (κ2) is 6.80. The third kappa shape index (κ3) is 4.90. The van der Waals surface area contributed by atoms with Crippen molar-refractivity contribution in [3.05, 3.63) is 11.6 Å². The van der Waals surface area contributed by atoms with Gasteiger partial charge in [-0.1, -0.05) is 18.6 Å². The van der Waals surface area contributed by atoms with Crippen LogP contribution in [0.4, 0.5) is 0 Å². The van der Waals surface area contributed by atoms with E-state index in [-0.39, 0.29) is 12.1 Å². The molecule has 0 aromatic heterocycles. The van der Waals surface area contributed by atoms with Gasteiger partial charge < -0.3 is 9.64 Å². The van der Waals surface area contributed by atoms with E-state index in [0.717, 1.165) is 25.8 Å². The molecule has 0 saturated carbocycles. The normalized spacial score (nSPS) is 21.4. The van der Waals surface area contributed by atoms with Gasteiger partial charge in [0.25, 0.3) is 0 Å². The summed E-state index contributed by atoms with van der Waals surface area (Å²) in [5.41, 5.74) is 1.37. The second-order valence-corrected chi connectivity index (χ2v) is 5.24. The number of rotatable bonds is 5. The van der Waals surface area contributed by atoms with Crippen LogP contribution in [0.25, 0.3) is 0 Å². The van der Waals surface area contributed by atoms with E-state index in [0.29, 0.717) is 12.5 Å². The lowest BCUT2D eigenvalue weighted by Gasteiger charge is -2.24. The van der Waals surface area contributed by atoms with Gasteiger partial charge in [-0.15, -0.1) is 0 Å². The topological polar surface area (TPSA) is 29.5 Å². The van der Waals surface area contributed by atoms with Crippen molar-refractivity contribution in [1.29, 1.82) is 0 Å². The molecule has 0 aromatic rings. The minimum Gasteiger partial charge on any atom is -0.356 e. The molecule has 98 valence electrons. The SMILES string of the molecule is CC(=O)N1CCO[C@@H]1C[C@@H](C)CCC=C(C)C. The lowest BCUT2D eigenvalue weighted by Crippen LogP contribution is -2.35. The Morgan fingerprint density at radius 3 is 2.76 bits per heavy atom. The number of amides is 1. The molecule has 17 heavy (non-hydrogen) atoms. The van der Waals surface area contributed by atoms with Crippen LogP contribution in [0.3, 0.4) is 0 Å². The van der Waals surface area contributed by atoms with Crippen molar-refractivity contribution in [3.8, 4) is 0 Å². The minimum absolute atomic E-state index is 0.00852. The number of carbonyl (C=O) groups is 1. The summed E-state index contributed by atoms with van der Waals surface area (Å²) < 4.78 is 5.61. The number of carbonyl (C=O) groups excluding carboxylic acids is 1. The monoisotopic (exact) mass is 239 g/mol. The number of nitrogens with zero attached hydrogens (tertiary/aromatic N) is 1. The Balaban J connectivity index is 2.32. The molecule has 1 heterocycles. The fourth-order valence-electron chi connectivity index (χ4n) is 2.20. The van der Waals surface area contributed by atoms with E-state index in [4.69, 9.17) is 4.74 Å². The molecule has 0 radical (unpaired) electrons. The van der Waals surface area contributed by atoms with Crippen molar-refractivity contribution >= 4 is 5.91 Å². The molecule has 3 nitrogen and oxygen atoms in total. The first-order chi connectivity index (χ1) is 8.00. The molecular weight excluding hydrogens is 214 g/mol. The van der Waals surface area contributed by atoms with Crippen LogP contribution < -0.4 is 0 Å². The van der Waals surface area contributed by atoms with Crippen molar-refractivity contribution < 1.29 is 9.53 Å². The maximum atomic E-state index is 11.4. The largest absolute Gasteiger partial charge is 0.356 e. The van der Waals surface area contributed by atoms with Crippen LogP contribution in [-0.4, -0.2) is 30.2 Å². The summed E-state index contributed by atoms with van der Waals surface area (Å²) in [6.07, 6.45) is 5.52. The Morgan fingerprint density at radius 1 is 1.47 bits per heavy atom. The van der Waals surface area contributed by atoms with Crippen molar-refractivity contribution in [1.82, 2.24) is 4.90 Å². The summed E-state index contributed by atoms with van der Waals surface area (Å²) >= 11 is 0. The van der Waals surface area contributed by atoms with E-state index >= 15 is 0 Å². The first-order valence-corrected chi connectivity index (χ1v) is 6.53. The van der Waals surface area contributed by atoms with Crippen LogP contribution in [0.1, 0.15) is 47.0 Å². The van der Waals surface area contributed by atoms with Gasteiger partial charge in [-0.2, -0.15) is 0 Å². The van der Waals surface area contributed by atoms with Crippen LogP contribution in [0.5, 0.6) is 0 Å². The zero-order chi connectivity index (χ0) is 12.8. The van der Waals surface area contributed by atoms with Gasteiger partial charge in [-0.3, -0.25) is 4.79 Å². The van der Waals surface area contributed by atoms with E-state index in [1.165, 1.54) is 5.57 Å². The van der Waals surface area contributed by atoms with Crippen molar-refractivity contribution in [2.24, 2.45) is 5.92 Å². The maximum absolute atomic E-state index is 11.4. The Morgan fingerprint density at radius 2 is 2.18 bits per heavy atom. The molecule has 1 aliphatic rings. The lowest BCUT2D eigenvalue weighted by molar-refractivity contribution is -0.134. The molecule has 0 spiro atoms. The van der Waals surface area contributed by atoms with Gasteiger partial charge in [0, 0.05) is 13.5 Å². The molecule has 1 saturated heterocycles. The van der Waals surface area contributed by atoms with Crippen LogP contribution in [-0.2, 0) is 9.53 Å². The van der Waals surface area contributed by atoms with Gasteiger partial charge in [-0.25, -0.2) is 0 Å². The van der Waals surface area contributed by atoms with Gasteiger partial charge >= 0.3 is 0 Å². The van der Waals surface area contributed by atoms with Crippen LogP contribution >= 0.6 is 0 Å². The summed E-state index contributed by atoms with van der Waals surface area (Å²) in [6.45, 7) is 9.55. The van der Waals surface area contributed by atoms with Crippen LogP contribution in [0, 0.1) is 5.92 Å². The first-order valence-electron chi connectivity index (χ1n) is 6.53. The third-order valence-corrected chi connectivity index (χ3v) is 3.21. The van der Waals surface area contributed by atoms with Gasteiger partial charge in [0.15, 0.2) is 0 Å². The van der Waals surface area contributed by atoms with Gasteiger partial charge in [-0.05, 0) is 39.0 Å². The predicted molar refractivity (Wildman–Crippen MR) is 69.6 cm³/mol. The molecule has 1 rings (SSSR count). The Hall–Kier alpha value is -0.830. The van der Waals surface area contributed by atoms with Crippen molar-refractivity contribution in [2.75, 3.05) is 13.2 Å². The lowest BCUT2D eigenvalue weighted by atomic mass is 10.00. The summed E-state index contributed by atoms with van der Waals surface area (Å²) in [5, 5.41) is 0. The number of hydrogen-bond donors (Lipinski definition) is 0. The maximum Gasteiger partial charge on any atom is 0.221 e. The zero-order valence-corrected chi connectivity index (χ0v) is 11.5. The van der Waals surface area contributed by atoms with E-state index in [9.17, 15) is 4.79 Å². The summed E-state index contributed by atoms with van der Waals surface area (Å²) in [7, 11) is 0. The van der Waals surface area contributed by atoms with E-state index in [2.05, 4.69) is 26.8 Å². The Kier molecular flexibility index (Phi) is 5.69. The fourth-order valence-corrected chi connectivity index (χ4v) is 2.20. The van der Waals surface area contributed by atoms with E-state index in [1.807, 2.05) is 4.90 Å². The zero-order valence-electron chi connectivity index (χ0n) is 11.5. The molecule has 2 atom stereocenters. The Labute approximate surface area is 105 Å². The quantitative estimate of drug-likeness (QED) is 0.690. The molecule has 0 aliphatic carbocycles. The predicted octanol–water partition coefficient (Wildman–Crippen LogP) is 2.96. The van der Waals surface area contributed by atoms with Crippen LogP contribution in [0.2, 0.25) is 0 Å². The molecule has 0 unspecified atom stereocenters. The van der Waals surface area contributed by atoms with E-state index in [1.54, 1.807) is 6.92 Å². The summed E-state index contributed by atoms with van der Waals surface area (Å²) in [5.74, 6) is 0.722. The first kappa shape index (κ1) is 14.2. The highest BCUT2D eigenvalue weighted by Gasteiger charge is 2.28. The third-order valence-electron chi connectivity index (χ3n) is 3.21. The number of allylic oxidation sites excluding steroid dienone is 2. The van der Waals surface area contributed by atoms with Crippen molar-refractivity contribution in [2.45, 2.75) is 53.2 Å². The number of ether oxygens (including phenoxy) is 1. The Bertz CT molecular complexity index is 282. The molecule has 0 N–H and O–H groups in total. The van der Waals surface area contributed by atoms with E-state index < -0.39 is 0 Å². The molecule has 0 bridgehead atoms.